The van der Waals surface area contributed by atoms with Crippen molar-refractivity contribution in [1.82, 2.24) is 0 Å². The predicted octanol–water partition coefficient (Wildman–Crippen LogP) is 5.91. The van der Waals surface area contributed by atoms with Crippen LogP contribution >= 0.6 is 0 Å². The highest BCUT2D eigenvalue weighted by atomic mass is 28.4. The number of ketones is 2. The average Bonchev–Trinajstić information content (AvgIpc) is 3.18. The Bertz CT molecular complexity index is 890. The molecule has 34 heavy (non-hydrogen) atoms. The van der Waals surface area contributed by atoms with E-state index in [9.17, 15) is 9.59 Å². The summed E-state index contributed by atoms with van der Waals surface area (Å²) in [4.78, 5) is 25.2. The van der Waals surface area contributed by atoms with Crippen molar-refractivity contribution in [1.29, 1.82) is 0 Å². The van der Waals surface area contributed by atoms with Crippen LogP contribution in [0, 0.1) is 34.5 Å². The van der Waals surface area contributed by atoms with E-state index in [1.165, 1.54) is 0 Å². The minimum Gasteiger partial charge on any atom is -0.413 e. The van der Waals surface area contributed by atoms with Crippen molar-refractivity contribution in [2.45, 2.75) is 129 Å². The third kappa shape index (κ3) is 3.48. The van der Waals surface area contributed by atoms with Crippen LogP contribution in [0.2, 0.25) is 18.1 Å². The second-order valence-electron chi connectivity index (χ2n) is 14.7. The molecule has 0 spiro atoms. The third-order valence-electron chi connectivity index (χ3n) is 11.4. The molecule has 0 aromatic heterocycles. The van der Waals surface area contributed by atoms with Gasteiger partial charge in [0.15, 0.2) is 25.7 Å². The van der Waals surface area contributed by atoms with Gasteiger partial charge in [-0.25, -0.2) is 0 Å². The summed E-state index contributed by atoms with van der Waals surface area (Å²) in [5.74, 6) is 0.260. The molecule has 0 N–H and O–H groups in total. The van der Waals surface area contributed by atoms with E-state index in [4.69, 9.17) is 13.9 Å². The largest absolute Gasteiger partial charge is 0.413 e. The standard InChI is InChI=1S/C28H46O5Si/c1-25(2,3)34(8,9)33-21-11-10-16-22-17(12-13-27(16,21)6)28(7)15-20(30)19(29)14-18(28)23-24(22)32-26(4,5)31-23/h16-18,21-24H,10-15H2,1-9H3/t16?,17?,18?,21-,22?,23+,24+,27-,28+/m0/s1. The summed E-state index contributed by atoms with van der Waals surface area (Å²) < 4.78 is 20.3. The van der Waals surface area contributed by atoms with Gasteiger partial charge in [-0.05, 0) is 86.2 Å². The monoisotopic (exact) mass is 490 g/mol. The molecule has 6 heteroatoms. The summed E-state index contributed by atoms with van der Waals surface area (Å²) in [5.41, 5.74) is -0.0741. The molecule has 5 rings (SSSR count). The molecule has 0 aromatic carbocycles. The Morgan fingerprint density at radius 1 is 0.853 bits per heavy atom. The van der Waals surface area contributed by atoms with E-state index in [0.717, 1.165) is 25.7 Å². The van der Waals surface area contributed by atoms with Crippen LogP contribution in [0.4, 0.5) is 0 Å². The molecule has 0 bridgehead atoms. The molecule has 5 aliphatic rings. The van der Waals surface area contributed by atoms with Gasteiger partial charge in [-0.3, -0.25) is 9.59 Å². The second-order valence-corrected chi connectivity index (χ2v) is 19.4. The van der Waals surface area contributed by atoms with Crippen molar-refractivity contribution in [2.75, 3.05) is 0 Å². The number of fused-ring (bicyclic) bond motifs is 8. The van der Waals surface area contributed by atoms with Crippen LogP contribution in [0.1, 0.15) is 87.0 Å². The zero-order valence-electron chi connectivity index (χ0n) is 22.8. The molecule has 9 atom stereocenters. The summed E-state index contributed by atoms with van der Waals surface area (Å²) in [6.45, 7) is 20.5. The van der Waals surface area contributed by atoms with Crippen LogP contribution in [-0.2, 0) is 23.5 Å². The summed E-state index contributed by atoms with van der Waals surface area (Å²) in [6, 6.07) is 0. The molecule has 0 radical (unpaired) electrons. The molecule has 192 valence electrons. The fourth-order valence-electron chi connectivity index (χ4n) is 8.55. The highest BCUT2D eigenvalue weighted by Gasteiger charge is 2.69. The van der Waals surface area contributed by atoms with Gasteiger partial charge in [0.25, 0.3) is 0 Å². The minimum absolute atomic E-state index is 0.00433. The first-order chi connectivity index (χ1) is 15.5. The van der Waals surface area contributed by atoms with Crippen molar-refractivity contribution in [3.63, 3.8) is 0 Å². The number of ether oxygens (including phenoxy) is 2. The topological polar surface area (TPSA) is 61.8 Å². The van der Waals surface area contributed by atoms with Gasteiger partial charge in [0.2, 0.25) is 0 Å². The van der Waals surface area contributed by atoms with E-state index in [2.05, 4.69) is 47.7 Å². The van der Waals surface area contributed by atoms with Gasteiger partial charge in [-0.2, -0.15) is 0 Å². The SMILES string of the molecule is CC1(C)O[C@@H]2C3C(CC[C@@]4(C)C3CC[C@@H]4O[Si](C)(C)C(C)(C)C)[C@@]3(C)CC(=O)C(=O)CC3[C@H]2O1. The van der Waals surface area contributed by atoms with Crippen LogP contribution in [0.3, 0.4) is 0 Å². The number of rotatable bonds is 2. The van der Waals surface area contributed by atoms with Crippen LogP contribution in [-0.4, -0.2) is 44.0 Å². The molecule has 4 aliphatic carbocycles. The molecule has 4 saturated carbocycles. The molecule has 0 aromatic rings. The highest BCUT2D eigenvalue weighted by Crippen LogP contribution is 2.68. The van der Waals surface area contributed by atoms with E-state index >= 15 is 0 Å². The Kier molecular flexibility index (Phi) is 5.53. The molecule has 5 nitrogen and oxygen atoms in total. The maximum atomic E-state index is 12.7. The number of carbonyl (C=O) groups is 2. The van der Waals surface area contributed by atoms with Gasteiger partial charge in [0.05, 0.1) is 18.3 Å². The molecular weight excluding hydrogens is 444 g/mol. The van der Waals surface area contributed by atoms with E-state index in [0.29, 0.717) is 30.6 Å². The smallest absolute Gasteiger partial charge is 0.198 e. The fraction of sp³-hybridized carbons (Fsp3) is 0.929. The Labute approximate surface area is 207 Å². The summed E-state index contributed by atoms with van der Waals surface area (Å²) in [5, 5.41) is 0.191. The highest BCUT2D eigenvalue weighted by molar-refractivity contribution is 6.74. The lowest BCUT2D eigenvalue weighted by Gasteiger charge is -2.62. The zero-order valence-corrected chi connectivity index (χ0v) is 23.8. The normalized spacial score (nSPS) is 48.2. The molecule has 1 aliphatic heterocycles. The van der Waals surface area contributed by atoms with E-state index in [1.54, 1.807) is 0 Å². The van der Waals surface area contributed by atoms with Crippen molar-refractivity contribution in [3.8, 4) is 0 Å². The Balaban J connectivity index is 1.51. The van der Waals surface area contributed by atoms with Gasteiger partial charge in [0, 0.05) is 18.8 Å². The van der Waals surface area contributed by atoms with Crippen molar-refractivity contribution in [3.05, 3.63) is 0 Å². The zero-order chi connectivity index (χ0) is 25.1. The first-order valence-electron chi connectivity index (χ1n) is 13.6. The fourth-order valence-corrected chi connectivity index (χ4v) is 10.00. The van der Waals surface area contributed by atoms with Gasteiger partial charge in [-0.1, -0.05) is 34.6 Å². The van der Waals surface area contributed by atoms with E-state index < -0.39 is 14.1 Å². The Morgan fingerprint density at radius 2 is 1.47 bits per heavy atom. The lowest BCUT2D eigenvalue weighted by atomic mass is 9.43. The first kappa shape index (κ1) is 25.1. The second kappa shape index (κ2) is 7.49. The van der Waals surface area contributed by atoms with Gasteiger partial charge in [0.1, 0.15) is 0 Å². The van der Waals surface area contributed by atoms with Crippen LogP contribution in [0.15, 0.2) is 0 Å². The molecule has 1 heterocycles. The van der Waals surface area contributed by atoms with Gasteiger partial charge in [-0.15, -0.1) is 0 Å². The van der Waals surface area contributed by atoms with Gasteiger partial charge < -0.3 is 13.9 Å². The van der Waals surface area contributed by atoms with Gasteiger partial charge >= 0.3 is 0 Å². The third-order valence-corrected chi connectivity index (χ3v) is 15.9. The molecule has 4 unspecified atom stereocenters. The van der Waals surface area contributed by atoms with Crippen LogP contribution in [0.5, 0.6) is 0 Å². The summed E-state index contributed by atoms with van der Waals surface area (Å²) in [6.07, 6.45) is 5.33. The average molecular weight is 491 g/mol. The minimum atomic E-state index is -1.88. The maximum Gasteiger partial charge on any atom is 0.198 e. The lowest BCUT2D eigenvalue weighted by Crippen LogP contribution is -2.64. The van der Waals surface area contributed by atoms with Crippen molar-refractivity contribution < 1.29 is 23.5 Å². The van der Waals surface area contributed by atoms with Crippen LogP contribution in [0.25, 0.3) is 0 Å². The summed E-state index contributed by atoms with van der Waals surface area (Å²) >= 11 is 0. The number of carbonyl (C=O) groups excluding carboxylic acids is 2. The lowest BCUT2D eigenvalue weighted by molar-refractivity contribution is -0.186. The number of hydrogen-bond donors (Lipinski definition) is 0. The molecule has 1 saturated heterocycles. The summed E-state index contributed by atoms with van der Waals surface area (Å²) in [7, 11) is -1.88. The first-order valence-corrected chi connectivity index (χ1v) is 16.5. The van der Waals surface area contributed by atoms with Crippen molar-refractivity contribution >= 4 is 19.9 Å². The molecule has 0 amide bonds. The van der Waals surface area contributed by atoms with E-state index in [-0.39, 0.29) is 51.7 Å². The number of Topliss-reactive ketones (excluding diaryl/α,β-unsaturated/α-hetero) is 2. The van der Waals surface area contributed by atoms with Crippen LogP contribution < -0.4 is 0 Å². The molecule has 5 fully saturated rings. The Morgan fingerprint density at radius 3 is 2.12 bits per heavy atom. The van der Waals surface area contributed by atoms with Crippen molar-refractivity contribution in [2.24, 2.45) is 34.5 Å². The quantitative estimate of drug-likeness (QED) is 0.356. The maximum absolute atomic E-state index is 12.7. The number of hydrogen-bond acceptors (Lipinski definition) is 5. The molecular formula is C28H46O5Si. The van der Waals surface area contributed by atoms with E-state index in [1.807, 2.05) is 13.8 Å². The Hall–Kier alpha value is -0.563. The predicted molar refractivity (Wildman–Crippen MR) is 134 cm³/mol.